The number of hydrogen-bond acceptors (Lipinski definition) is 3. The third-order valence-corrected chi connectivity index (χ3v) is 4.13. The van der Waals surface area contributed by atoms with E-state index in [2.05, 4.69) is 5.32 Å². The van der Waals surface area contributed by atoms with E-state index in [1.807, 2.05) is 6.92 Å². The van der Waals surface area contributed by atoms with Crippen LogP contribution < -0.4 is 5.32 Å². The molecule has 1 saturated carbocycles. The molecule has 1 amide bonds. The SMILES string of the molecule is CC(C(=O)NCc1ccc(C(=O)O)s1)C1CC1. The summed E-state index contributed by atoms with van der Waals surface area (Å²) in [6, 6.07) is 3.31. The van der Waals surface area contributed by atoms with Crippen LogP contribution in [0, 0.1) is 11.8 Å². The van der Waals surface area contributed by atoms with Gasteiger partial charge in [0.2, 0.25) is 5.91 Å². The van der Waals surface area contributed by atoms with Crippen molar-refractivity contribution in [2.24, 2.45) is 11.8 Å². The second-order valence-corrected chi connectivity index (χ2v) is 5.58. The number of hydrogen-bond donors (Lipinski definition) is 2. The highest BCUT2D eigenvalue weighted by molar-refractivity contribution is 7.13. The fourth-order valence-corrected chi connectivity index (χ4v) is 2.52. The van der Waals surface area contributed by atoms with Gasteiger partial charge in [-0.1, -0.05) is 6.92 Å². The number of amides is 1. The van der Waals surface area contributed by atoms with Gasteiger partial charge in [0.1, 0.15) is 4.88 Å². The van der Waals surface area contributed by atoms with Crippen LogP contribution in [0.5, 0.6) is 0 Å². The van der Waals surface area contributed by atoms with Crippen LogP contribution in [0.2, 0.25) is 0 Å². The highest BCUT2D eigenvalue weighted by Crippen LogP contribution is 2.36. The van der Waals surface area contributed by atoms with Crippen LogP contribution in [0.25, 0.3) is 0 Å². The van der Waals surface area contributed by atoms with Crippen molar-refractivity contribution in [1.82, 2.24) is 5.32 Å². The van der Waals surface area contributed by atoms with Gasteiger partial charge in [0.05, 0.1) is 6.54 Å². The quantitative estimate of drug-likeness (QED) is 0.844. The zero-order valence-electron chi connectivity index (χ0n) is 9.60. The summed E-state index contributed by atoms with van der Waals surface area (Å²) in [6.45, 7) is 2.37. The second kappa shape index (κ2) is 4.87. The number of aromatic carboxylic acids is 1. The second-order valence-electron chi connectivity index (χ2n) is 4.42. The van der Waals surface area contributed by atoms with E-state index in [-0.39, 0.29) is 11.8 Å². The van der Waals surface area contributed by atoms with Crippen molar-refractivity contribution >= 4 is 23.2 Å². The molecule has 1 atom stereocenters. The molecule has 0 spiro atoms. The number of carbonyl (C=O) groups excluding carboxylic acids is 1. The van der Waals surface area contributed by atoms with E-state index in [9.17, 15) is 9.59 Å². The Morgan fingerprint density at radius 3 is 2.76 bits per heavy atom. The molecule has 0 bridgehead atoms. The lowest BCUT2D eigenvalue weighted by atomic mass is 10.1. The van der Waals surface area contributed by atoms with E-state index in [1.54, 1.807) is 12.1 Å². The van der Waals surface area contributed by atoms with Crippen molar-refractivity contribution in [3.8, 4) is 0 Å². The molecule has 2 N–H and O–H groups in total. The summed E-state index contributed by atoms with van der Waals surface area (Å²) >= 11 is 1.20. The van der Waals surface area contributed by atoms with Crippen LogP contribution in [0.15, 0.2) is 12.1 Å². The van der Waals surface area contributed by atoms with Crippen molar-refractivity contribution < 1.29 is 14.7 Å². The molecule has 0 radical (unpaired) electrons. The molecule has 2 rings (SSSR count). The van der Waals surface area contributed by atoms with E-state index in [4.69, 9.17) is 5.11 Å². The smallest absolute Gasteiger partial charge is 0.345 e. The first-order valence-corrected chi connectivity index (χ1v) is 6.49. The first kappa shape index (κ1) is 12.1. The van der Waals surface area contributed by atoms with Crippen LogP contribution in [0.3, 0.4) is 0 Å². The molecule has 0 aliphatic heterocycles. The highest BCUT2D eigenvalue weighted by atomic mass is 32.1. The number of rotatable bonds is 5. The molecule has 1 heterocycles. The first-order chi connectivity index (χ1) is 8.08. The molecule has 92 valence electrons. The third-order valence-electron chi connectivity index (χ3n) is 3.05. The molecule has 1 aromatic heterocycles. The fourth-order valence-electron chi connectivity index (χ4n) is 1.73. The Morgan fingerprint density at radius 1 is 1.53 bits per heavy atom. The van der Waals surface area contributed by atoms with Gasteiger partial charge in [-0.05, 0) is 30.9 Å². The van der Waals surface area contributed by atoms with Crippen LogP contribution in [-0.4, -0.2) is 17.0 Å². The molecule has 1 aliphatic rings. The summed E-state index contributed by atoms with van der Waals surface area (Å²) < 4.78 is 0. The van der Waals surface area contributed by atoms with E-state index in [1.165, 1.54) is 11.3 Å². The minimum atomic E-state index is -0.918. The Morgan fingerprint density at radius 2 is 2.24 bits per heavy atom. The van der Waals surface area contributed by atoms with Crippen molar-refractivity contribution in [3.05, 3.63) is 21.9 Å². The van der Waals surface area contributed by atoms with Gasteiger partial charge in [0.15, 0.2) is 0 Å². The average Bonchev–Trinajstić information content (AvgIpc) is 3.03. The first-order valence-electron chi connectivity index (χ1n) is 5.67. The van der Waals surface area contributed by atoms with Gasteiger partial charge in [-0.3, -0.25) is 4.79 Å². The molecule has 0 aromatic carbocycles. The van der Waals surface area contributed by atoms with Crippen molar-refractivity contribution in [3.63, 3.8) is 0 Å². The molecular formula is C12H15NO3S. The van der Waals surface area contributed by atoms with Crippen LogP contribution >= 0.6 is 11.3 Å². The highest BCUT2D eigenvalue weighted by Gasteiger charge is 2.32. The van der Waals surface area contributed by atoms with E-state index < -0.39 is 5.97 Å². The maximum absolute atomic E-state index is 11.7. The number of thiophene rings is 1. The number of carboxylic acids is 1. The lowest BCUT2D eigenvalue weighted by Crippen LogP contribution is -2.29. The Labute approximate surface area is 104 Å². The zero-order chi connectivity index (χ0) is 12.4. The standard InChI is InChI=1S/C12H15NO3S/c1-7(8-2-3-8)11(14)13-6-9-4-5-10(17-9)12(15)16/h4-5,7-8H,2-3,6H2,1H3,(H,13,14)(H,15,16). The summed E-state index contributed by atoms with van der Waals surface area (Å²) in [6.07, 6.45) is 2.30. The number of nitrogens with one attached hydrogen (secondary N) is 1. The predicted molar refractivity (Wildman–Crippen MR) is 65.0 cm³/mol. The third kappa shape index (κ3) is 3.06. The summed E-state index contributed by atoms with van der Waals surface area (Å²) in [5.74, 6) is -0.224. The maximum atomic E-state index is 11.7. The van der Waals surface area contributed by atoms with Gasteiger partial charge < -0.3 is 10.4 Å². The molecule has 1 unspecified atom stereocenters. The van der Waals surface area contributed by atoms with Gasteiger partial charge in [-0.2, -0.15) is 0 Å². The molecule has 1 fully saturated rings. The van der Waals surface area contributed by atoms with Crippen LogP contribution in [0.1, 0.15) is 34.3 Å². The Balaban J connectivity index is 1.84. The summed E-state index contributed by atoms with van der Waals surface area (Å²) in [4.78, 5) is 23.6. The topological polar surface area (TPSA) is 66.4 Å². The Kier molecular flexibility index (Phi) is 3.47. The summed E-state index contributed by atoms with van der Waals surface area (Å²) in [5, 5.41) is 11.6. The van der Waals surface area contributed by atoms with Crippen LogP contribution in [0.4, 0.5) is 0 Å². The molecule has 17 heavy (non-hydrogen) atoms. The van der Waals surface area contributed by atoms with E-state index in [0.717, 1.165) is 17.7 Å². The van der Waals surface area contributed by atoms with Crippen molar-refractivity contribution in [1.29, 1.82) is 0 Å². The number of carbonyl (C=O) groups is 2. The molecule has 1 aromatic rings. The Bertz CT molecular complexity index is 437. The van der Waals surface area contributed by atoms with Gasteiger partial charge in [0, 0.05) is 10.8 Å². The lowest BCUT2D eigenvalue weighted by molar-refractivity contribution is -0.125. The lowest BCUT2D eigenvalue weighted by Gasteiger charge is -2.09. The molecular weight excluding hydrogens is 238 g/mol. The predicted octanol–water partition coefficient (Wildman–Crippen LogP) is 2.11. The van der Waals surface area contributed by atoms with Crippen molar-refractivity contribution in [2.75, 3.05) is 0 Å². The normalized spacial score (nSPS) is 16.5. The van der Waals surface area contributed by atoms with Crippen LogP contribution in [-0.2, 0) is 11.3 Å². The van der Waals surface area contributed by atoms with Gasteiger partial charge in [-0.15, -0.1) is 11.3 Å². The summed E-state index contributed by atoms with van der Waals surface area (Å²) in [7, 11) is 0. The van der Waals surface area contributed by atoms with Gasteiger partial charge >= 0.3 is 5.97 Å². The molecule has 1 aliphatic carbocycles. The van der Waals surface area contributed by atoms with Gasteiger partial charge in [-0.25, -0.2) is 4.79 Å². The fraction of sp³-hybridized carbons (Fsp3) is 0.500. The van der Waals surface area contributed by atoms with Crippen molar-refractivity contribution in [2.45, 2.75) is 26.3 Å². The monoisotopic (exact) mass is 253 g/mol. The molecule has 4 nitrogen and oxygen atoms in total. The van der Waals surface area contributed by atoms with Gasteiger partial charge in [0.25, 0.3) is 0 Å². The molecule has 5 heteroatoms. The molecule has 0 saturated heterocycles. The Hall–Kier alpha value is -1.36. The average molecular weight is 253 g/mol. The minimum absolute atomic E-state index is 0.0674. The number of carboxylic acid groups (broad SMARTS) is 1. The zero-order valence-corrected chi connectivity index (χ0v) is 10.4. The van der Waals surface area contributed by atoms with E-state index >= 15 is 0 Å². The maximum Gasteiger partial charge on any atom is 0.345 e. The van der Waals surface area contributed by atoms with E-state index in [0.29, 0.717) is 17.3 Å². The minimum Gasteiger partial charge on any atom is -0.477 e. The summed E-state index contributed by atoms with van der Waals surface area (Å²) in [5.41, 5.74) is 0. The largest absolute Gasteiger partial charge is 0.477 e.